The van der Waals surface area contributed by atoms with E-state index in [0.717, 1.165) is 29.4 Å². The molecule has 0 fully saturated rings. The average Bonchev–Trinajstić information content (AvgIpc) is 2.94. The van der Waals surface area contributed by atoms with Crippen LogP contribution in [0, 0.1) is 6.92 Å². The molecule has 220 valence electrons. The van der Waals surface area contributed by atoms with E-state index in [1.165, 1.54) is 4.31 Å². The van der Waals surface area contributed by atoms with Crippen molar-refractivity contribution in [2.75, 3.05) is 23.7 Å². The number of benzene rings is 3. The maximum atomic E-state index is 13.9. The van der Waals surface area contributed by atoms with Gasteiger partial charge in [-0.25, -0.2) is 8.42 Å². The number of para-hydroxylation sites is 1. The Morgan fingerprint density at radius 3 is 2.24 bits per heavy atom. The summed E-state index contributed by atoms with van der Waals surface area (Å²) in [4.78, 5) is 28.9. The Morgan fingerprint density at radius 1 is 0.927 bits per heavy atom. The van der Waals surface area contributed by atoms with Crippen LogP contribution in [0.4, 0.5) is 5.69 Å². The summed E-state index contributed by atoms with van der Waals surface area (Å²) in [6.07, 6.45) is 2.55. The first kappa shape index (κ1) is 32.4. The second-order valence-electron chi connectivity index (χ2n) is 9.99. The van der Waals surface area contributed by atoms with Gasteiger partial charge in [0.05, 0.1) is 22.0 Å². The Bertz CT molecular complexity index is 1430. The zero-order valence-electron chi connectivity index (χ0n) is 23.6. The molecule has 0 bridgehead atoms. The van der Waals surface area contributed by atoms with Gasteiger partial charge in [-0.05, 0) is 54.7 Å². The molecule has 0 aliphatic heterocycles. The highest BCUT2D eigenvalue weighted by Gasteiger charge is 2.30. The van der Waals surface area contributed by atoms with E-state index in [2.05, 4.69) is 5.32 Å². The number of nitrogens with zero attached hydrogens (tertiary/aromatic N) is 2. The molecule has 2 amide bonds. The van der Waals surface area contributed by atoms with Crippen molar-refractivity contribution in [3.63, 3.8) is 0 Å². The third kappa shape index (κ3) is 9.48. The van der Waals surface area contributed by atoms with Crippen molar-refractivity contribution in [3.05, 3.63) is 99.5 Å². The number of hydrogen-bond acceptors (Lipinski definition) is 4. The number of amides is 2. The second-order valence-corrected chi connectivity index (χ2v) is 12.7. The first-order valence-electron chi connectivity index (χ1n) is 13.6. The van der Waals surface area contributed by atoms with Crippen LogP contribution < -0.4 is 9.62 Å². The second kappa shape index (κ2) is 15.2. The van der Waals surface area contributed by atoms with Gasteiger partial charge in [-0.15, -0.1) is 0 Å². The molecule has 0 radical (unpaired) electrons. The molecule has 0 aliphatic carbocycles. The van der Waals surface area contributed by atoms with Crippen molar-refractivity contribution >= 4 is 50.7 Å². The van der Waals surface area contributed by atoms with Crippen LogP contribution in [-0.2, 0) is 32.6 Å². The lowest BCUT2D eigenvalue weighted by atomic mass is 10.0. The van der Waals surface area contributed by atoms with Gasteiger partial charge in [0.2, 0.25) is 21.8 Å². The van der Waals surface area contributed by atoms with E-state index in [9.17, 15) is 18.0 Å². The van der Waals surface area contributed by atoms with Gasteiger partial charge < -0.3 is 10.2 Å². The molecule has 3 aromatic rings. The number of anilines is 1. The third-order valence-corrected chi connectivity index (χ3v) is 8.61. The lowest BCUT2D eigenvalue weighted by molar-refractivity contribution is -0.141. The zero-order valence-corrected chi connectivity index (χ0v) is 26.0. The largest absolute Gasteiger partial charge is 0.354 e. The molecule has 3 aromatic carbocycles. The Labute approximate surface area is 253 Å². The van der Waals surface area contributed by atoms with E-state index >= 15 is 0 Å². The van der Waals surface area contributed by atoms with Crippen molar-refractivity contribution in [2.24, 2.45) is 0 Å². The number of halogens is 2. The summed E-state index contributed by atoms with van der Waals surface area (Å²) < 4.78 is 26.6. The number of carbonyl (C=O) groups excluding carboxylic acids is 2. The van der Waals surface area contributed by atoms with E-state index in [-0.39, 0.29) is 37.7 Å². The maximum Gasteiger partial charge on any atom is 0.243 e. The predicted octanol–water partition coefficient (Wildman–Crippen LogP) is 6.01. The fourth-order valence-corrected chi connectivity index (χ4v) is 5.92. The number of nitrogens with one attached hydrogen (secondary N) is 1. The highest BCUT2D eigenvalue weighted by molar-refractivity contribution is 7.92. The highest BCUT2D eigenvalue weighted by Crippen LogP contribution is 2.26. The summed E-state index contributed by atoms with van der Waals surface area (Å²) in [5.41, 5.74) is 3.04. The van der Waals surface area contributed by atoms with Crippen molar-refractivity contribution in [1.29, 1.82) is 0 Å². The first-order valence-corrected chi connectivity index (χ1v) is 16.2. The minimum absolute atomic E-state index is 0.0472. The van der Waals surface area contributed by atoms with Gasteiger partial charge in [0.1, 0.15) is 6.04 Å². The summed E-state index contributed by atoms with van der Waals surface area (Å²) in [5.74, 6) is -0.510. The Kier molecular flexibility index (Phi) is 12.1. The first-order chi connectivity index (χ1) is 19.5. The van der Waals surface area contributed by atoms with Gasteiger partial charge in [-0.1, -0.05) is 84.7 Å². The number of rotatable bonds is 14. The molecule has 0 unspecified atom stereocenters. The van der Waals surface area contributed by atoms with Crippen LogP contribution in [0.15, 0.2) is 72.8 Å². The van der Waals surface area contributed by atoms with Gasteiger partial charge in [0.25, 0.3) is 0 Å². The molecule has 1 N–H and O–H groups in total. The quantitative estimate of drug-likeness (QED) is 0.240. The molecular weight excluding hydrogens is 581 g/mol. The monoisotopic (exact) mass is 617 g/mol. The zero-order chi connectivity index (χ0) is 30.0. The summed E-state index contributed by atoms with van der Waals surface area (Å²) in [6, 6.07) is 21.1. The highest BCUT2D eigenvalue weighted by atomic mass is 35.5. The Morgan fingerprint density at radius 2 is 1.61 bits per heavy atom. The van der Waals surface area contributed by atoms with Crippen LogP contribution in [0.1, 0.15) is 42.9 Å². The van der Waals surface area contributed by atoms with Gasteiger partial charge in [0.15, 0.2) is 0 Å². The van der Waals surface area contributed by atoms with Crippen molar-refractivity contribution in [3.8, 4) is 0 Å². The van der Waals surface area contributed by atoms with Crippen LogP contribution in [0.25, 0.3) is 0 Å². The molecule has 0 saturated carbocycles. The standard InChI is InChI=1S/C31H37Cl2N3O4S/c1-4-18-34-31(38)29(21-24-12-6-5-7-13-24)35(22-25-16-17-26(32)27(33)20-25)30(37)15-10-19-36(41(3,39)40)28-14-9-8-11-23(28)2/h5-9,11-14,16-17,20,29H,4,10,15,18-19,21-22H2,1-3H3,(H,34,38)/t29-/m0/s1. The van der Waals surface area contributed by atoms with Crippen LogP contribution in [0.3, 0.4) is 0 Å². The number of hydrogen-bond donors (Lipinski definition) is 1. The third-order valence-electron chi connectivity index (χ3n) is 6.69. The topological polar surface area (TPSA) is 86.8 Å². The predicted molar refractivity (Wildman–Crippen MR) is 167 cm³/mol. The molecule has 41 heavy (non-hydrogen) atoms. The van der Waals surface area contributed by atoms with Crippen LogP contribution >= 0.6 is 23.2 Å². The normalized spacial score (nSPS) is 12.0. The summed E-state index contributed by atoms with van der Waals surface area (Å²) in [5, 5.41) is 3.70. The van der Waals surface area contributed by atoms with Crippen LogP contribution in [0.5, 0.6) is 0 Å². The molecular formula is C31H37Cl2N3O4S. The van der Waals surface area contributed by atoms with Crippen molar-refractivity contribution < 1.29 is 18.0 Å². The van der Waals surface area contributed by atoms with E-state index in [0.29, 0.717) is 28.7 Å². The number of sulfonamides is 1. The minimum Gasteiger partial charge on any atom is -0.354 e. The molecule has 0 saturated heterocycles. The van der Waals surface area contributed by atoms with E-state index in [1.54, 1.807) is 35.2 Å². The van der Waals surface area contributed by atoms with E-state index < -0.39 is 16.1 Å². The average molecular weight is 619 g/mol. The van der Waals surface area contributed by atoms with Crippen LogP contribution in [-0.4, -0.2) is 50.5 Å². The maximum absolute atomic E-state index is 13.9. The number of aryl methyl sites for hydroxylation is 1. The Hall–Kier alpha value is -3.07. The molecule has 0 heterocycles. The fraction of sp³-hybridized carbons (Fsp3) is 0.355. The van der Waals surface area contributed by atoms with Gasteiger partial charge in [-0.3, -0.25) is 13.9 Å². The van der Waals surface area contributed by atoms with Gasteiger partial charge >= 0.3 is 0 Å². The minimum atomic E-state index is -3.58. The molecule has 0 spiro atoms. The smallest absolute Gasteiger partial charge is 0.243 e. The lowest BCUT2D eigenvalue weighted by Crippen LogP contribution is -2.50. The SMILES string of the molecule is CCCNC(=O)[C@H](Cc1ccccc1)N(Cc1ccc(Cl)c(Cl)c1)C(=O)CCCN(c1ccccc1C)S(C)(=O)=O. The van der Waals surface area contributed by atoms with Gasteiger partial charge in [-0.2, -0.15) is 0 Å². The van der Waals surface area contributed by atoms with Crippen molar-refractivity contribution in [1.82, 2.24) is 10.2 Å². The summed E-state index contributed by atoms with van der Waals surface area (Å²) in [7, 11) is -3.58. The van der Waals surface area contributed by atoms with Gasteiger partial charge in [0, 0.05) is 32.5 Å². The molecule has 3 rings (SSSR count). The lowest BCUT2D eigenvalue weighted by Gasteiger charge is -2.32. The Balaban J connectivity index is 1.90. The molecule has 7 nitrogen and oxygen atoms in total. The van der Waals surface area contributed by atoms with Crippen LogP contribution in [0.2, 0.25) is 10.0 Å². The molecule has 1 atom stereocenters. The molecule has 10 heteroatoms. The van der Waals surface area contributed by atoms with E-state index in [1.807, 2.05) is 56.3 Å². The summed E-state index contributed by atoms with van der Waals surface area (Å²) in [6.45, 7) is 4.56. The van der Waals surface area contributed by atoms with Crippen molar-refractivity contribution in [2.45, 2.75) is 52.1 Å². The fourth-order valence-electron chi connectivity index (χ4n) is 4.58. The molecule has 0 aliphatic rings. The summed E-state index contributed by atoms with van der Waals surface area (Å²) >= 11 is 12.4. The number of carbonyl (C=O) groups is 2. The molecule has 0 aromatic heterocycles. The van der Waals surface area contributed by atoms with E-state index in [4.69, 9.17) is 23.2 Å².